The standard InChI is InChI=1S/2C42H27NO.C36H23NO/c1-3-15-33-28(10-1)12-7-18-34(33)30-22-25-32(26-23-30)43(38-19-8-13-29-11-2-4-16-35(29)38)39-20-9-14-31-24-27-37-36-17-5-6-21-40(36)44-42(37)41(31)39;1-2-10-28(11-3-1)31-20-21-33-27-34(24-22-32(33)26-31)43(38-17-8-13-29-12-4-5-15-35(29)38)39-18-9-14-30-23-25-37-36-16-6-7-19-40(36)44-42(37)41(30)39;1-3-15-27-24(10-1)12-7-18-31(27)37(32-19-8-13-25-11-2-4-16-28(25)32)33-20-9-14-26-22-23-30-29-17-5-6-21-34(29)38-36(30)35(26)33/h2*1-27H;1-23H. The van der Waals surface area contributed by atoms with Gasteiger partial charge in [-0.1, -0.05) is 358 Å². The average molecular weight is 1610 g/mol. The molecule has 0 atom stereocenters. The Kier molecular flexibility index (Phi) is 17.8. The van der Waals surface area contributed by atoms with E-state index in [9.17, 15) is 0 Å². The predicted molar refractivity (Wildman–Crippen MR) is 534 cm³/mol. The van der Waals surface area contributed by atoms with E-state index in [0.29, 0.717) is 0 Å². The summed E-state index contributed by atoms with van der Waals surface area (Å²) in [5.41, 5.74) is 20.3. The normalized spacial score (nSPS) is 11.7. The Morgan fingerprint density at radius 2 is 0.429 bits per heavy atom. The summed E-state index contributed by atoms with van der Waals surface area (Å²) >= 11 is 0. The van der Waals surface area contributed by atoms with Crippen LogP contribution in [0.15, 0.2) is 480 Å². The van der Waals surface area contributed by atoms with Gasteiger partial charge in [-0.05, 0) is 191 Å². The molecule has 0 aliphatic rings. The largest absolute Gasteiger partial charge is 0.455 e. The maximum absolute atomic E-state index is 6.61. The van der Waals surface area contributed by atoms with Crippen LogP contribution in [0.3, 0.4) is 0 Å². The molecule has 26 aromatic rings. The number of benzene rings is 23. The predicted octanol–water partition coefficient (Wildman–Crippen LogP) is 34.9. The maximum Gasteiger partial charge on any atom is 0.145 e. The fourth-order valence-electron chi connectivity index (χ4n) is 19.4. The van der Waals surface area contributed by atoms with Gasteiger partial charge in [0, 0.05) is 81.4 Å². The minimum atomic E-state index is 0.904. The molecule has 0 unspecified atom stereocenters. The minimum Gasteiger partial charge on any atom is -0.455 e. The average Bonchev–Trinajstić information content (AvgIpc) is 1.43. The Morgan fingerprint density at radius 3 is 0.857 bits per heavy atom. The maximum atomic E-state index is 6.61. The summed E-state index contributed by atoms with van der Waals surface area (Å²) in [6.45, 7) is 0. The summed E-state index contributed by atoms with van der Waals surface area (Å²) in [7, 11) is 0. The zero-order valence-corrected chi connectivity index (χ0v) is 68.5. The van der Waals surface area contributed by atoms with Crippen molar-refractivity contribution in [2.24, 2.45) is 0 Å². The lowest BCUT2D eigenvalue weighted by Crippen LogP contribution is -2.11. The molecule has 0 saturated heterocycles. The van der Waals surface area contributed by atoms with Crippen molar-refractivity contribution >= 4 is 214 Å². The van der Waals surface area contributed by atoms with Crippen molar-refractivity contribution in [1.29, 1.82) is 0 Å². The van der Waals surface area contributed by atoms with Crippen molar-refractivity contribution in [3.63, 3.8) is 0 Å². The smallest absolute Gasteiger partial charge is 0.145 e. The quantitative estimate of drug-likeness (QED) is 0.129. The monoisotopic (exact) mass is 1610 g/mol. The van der Waals surface area contributed by atoms with Gasteiger partial charge >= 0.3 is 0 Å². The van der Waals surface area contributed by atoms with E-state index in [0.717, 1.165) is 149 Å². The zero-order chi connectivity index (χ0) is 83.1. The number of furan rings is 3. The molecule has 26 rings (SSSR count). The van der Waals surface area contributed by atoms with Crippen LogP contribution in [-0.4, -0.2) is 0 Å². The molecule has 23 aromatic carbocycles. The molecule has 0 saturated carbocycles. The summed E-state index contributed by atoms with van der Waals surface area (Å²) in [4.78, 5) is 7.21. The molecule has 0 fully saturated rings. The van der Waals surface area contributed by atoms with Crippen LogP contribution in [0.5, 0.6) is 0 Å². The van der Waals surface area contributed by atoms with Gasteiger partial charge in [0.15, 0.2) is 0 Å². The van der Waals surface area contributed by atoms with Crippen molar-refractivity contribution in [3.05, 3.63) is 467 Å². The molecular formula is C120H77N3O3. The third-order valence-corrected chi connectivity index (χ3v) is 25.3. The summed E-state index contributed by atoms with van der Waals surface area (Å²) < 4.78 is 19.8. The SMILES string of the molecule is c1ccc(-c2ccc3cc(N(c4cccc5ccccc45)c4cccc5ccc6c7ccccc7oc6c45)ccc3c2)cc1.c1ccc2c(-c3ccc(N(c4cccc5ccccc45)c4cccc5ccc6c7ccccc7oc6c45)cc3)cccc2c1.c1ccc2c(N(c3cccc4ccccc34)c3cccc4ccc5c6ccccc6oc5c34)cccc2c1. The molecule has 0 spiro atoms. The first-order valence-electron chi connectivity index (χ1n) is 43.0. The second kappa shape index (κ2) is 30.7. The highest BCUT2D eigenvalue weighted by Crippen LogP contribution is 2.52. The number of hydrogen-bond donors (Lipinski definition) is 0. The number of rotatable bonds is 11. The van der Waals surface area contributed by atoms with Crippen LogP contribution in [0, 0.1) is 0 Å². The first kappa shape index (κ1) is 73.1. The van der Waals surface area contributed by atoms with Gasteiger partial charge in [0.25, 0.3) is 0 Å². The van der Waals surface area contributed by atoms with Crippen molar-refractivity contribution in [3.8, 4) is 22.3 Å². The van der Waals surface area contributed by atoms with Gasteiger partial charge in [-0.2, -0.15) is 0 Å². The Balaban J connectivity index is 0.000000106. The van der Waals surface area contributed by atoms with Crippen LogP contribution in [0.1, 0.15) is 0 Å². The highest BCUT2D eigenvalue weighted by atomic mass is 16.3. The second-order valence-corrected chi connectivity index (χ2v) is 32.4. The third kappa shape index (κ3) is 12.6. The van der Waals surface area contributed by atoms with Crippen LogP contribution < -0.4 is 14.7 Å². The first-order chi connectivity index (χ1) is 62.5. The Morgan fingerprint density at radius 1 is 0.143 bits per heavy atom. The number of hydrogen-bond acceptors (Lipinski definition) is 6. The van der Waals surface area contributed by atoms with Gasteiger partial charge in [-0.15, -0.1) is 0 Å². The van der Waals surface area contributed by atoms with Crippen LogP contribution in [0.4, 0.5) is 51.2 Å². The molecule has 0 aliphatic carbocycles. The van der Waals surface area contributed by atoms with Crippen LogP contribution in [0.25, 0.3) is 185 Å². The lowest BCUT2D eigenvalue weighted by Gasteiger charge is -2.29. The van der Waals surface area contributed by atoms with Gasteiger partial charge < -0.3 is 28.0 Å². The van der Waals surface area contributed by atoms with E-state index < -0.39 is 0 Å². The van der Waals surface area contributed by atoms with Crippen LogP contribution in [0.2, 0.25) is 0 Å². The molecular weight excluding hydrogens is 1530 g/mol. The molecule has 6 nitrogen and oxygen atoms in total. The Labute approximate surface area is 726 Å². The molecule has 590 valence electrons. The molecule has 0 aliphatic heterocycles. The molecule has 6 heteroatoms. The molecule has 0 N–H and O–H groups in total. The van der Waals surface area contributed by atoms with E-state index >= 15 is 0 Å². The van der Waals surface area contributed by atoms with Crippen molar-refractivity contribution in [2.75, 3.05) is 14.7 Å². The number of nitrogens with zero attached hydrogens (tertiary/aromatic N) is 3. The van der Waals surface area contributed by atoms with Gasteiger partial charge in [0.2, 0.25) is 0 Å². The number of fused-ring (bicyclic) bond motifs is 21. The van der Waals surface area contributed by atoms with Crippen molar-refractivity contribution < 1.29 is 13.3 Å². The third-order valence-electron chi connectivity index (χ3n) is 25.3. The zero-order valence-electron chi connectivity index (χ0n) is 68.5. The summed E-state index contributed by atoms with van der Waals surface area (Å²) in [6, 6.07) is 167. The fraction of sp³-hybridized carbons (Fsp3) is 0. The summed E-state index contributed by atoms with van der Waals surface area (Å²) in [6.07, 6.45) is 0. The Bertz CT molecular complexity index is 8680. The number of anilines is 9. The van der Waals surface area contributed by atoms with Crippen molar-refractivity contribution in [1.82, 2.24) is 0 Å². The molecule has 0 radical (unpaired) electrons. The fourth-order valence-corrected chi connectivity index (χ4v) is 19.4. The lowest BCUT2D eigenvalue weighted by molar-refractivity contribution is 0.672. The van der Waals surface area contributed by atoms with Gasteiger partial charge in [-0.25, -0.2) is 0 Å². The molecule has 126 heavy (non-hydrogen) atoms. The number of para-hydroxylation sites is 3. The minimum absolute atomic E-state index is 0.904. The summed E-state index contributed by atoms with van der Waals surface area (Å²) in [5, 5.41) is 28.1. The van der Waals surface area contributed by atoms with E-state index in [1.54, 1.807) is 0 Å². The van der Waals surface area contributed by atoms with Crippen molar-refractivity contribution in [2.45, 2.75) is 0 Å². The molecule has 0 bridgehead atoms. The highest BCUT2D eigenvalue weighted by molar-refractivity contribution is 6.24. The van der Waals surface area contributed by atoms with E-state index in [4.69, 9.17) is 13.3 Å². The van der Waals surface area contributed by atoms with E-state index in [-0.39, 0.29) is 0 Å². The molecule has 0 amide bonds. The second-order valence-electron chi connectivity index (χ2n) is 32.4. The van der Waals surface area contributed by atoms with Crippen LogP contribution >= 0.6 is 0 Å². The first-order valence-corrected chi connectivity index (χ1v) is 43.0. The van der Waals surface area contributed by atoms with Gasteiger partial charge in [0.1, 0.15) is 33.5 Å². The lowest BCUT2D eigenvalue weighted by atomic mass is 9.97. The van der Waals surface area contributed by atoms with Gasteiger partial charge in [0.05, 0.1) is 39.8 Å². The van der Waals surface area contributed by atoms with E-state index in [1.165, 1.54) is 86.9 Å². The topological polar surface area (TPSA) is 49.1 Å². The van der Waals surface area contributed by atoms with Gasteiger partial charge in [-0.3, -0.25) is 0 Å². The van der Waals surface area contributed by atoms with E-state index in [2.05, 4.69) is 464 Å². The van der Waals surface area contributed by atoms with Crippen LogP contribution in [-0.2, 0) is 0 Å². The van der Waals surface area contributed by atoms with E-state index in [1.807, 2.05) is 18.2 Å². The highest BCUT2D eigenvalue weighted by Gasteiger charge is 2.27. The molecule has 3 aromatic heterocycles. The Hall–Kier alpha value is -16.8. The summed E-state index contributed by atoms with van der Waals surface area (Å²) in [5.74, 6) is 0. The molecule has 3 heterocycles.